The van der Waals surface area contributed by atoms with Crippen LogP contribution in [0.2, 0.25) is 5.02 Å². The number of halogens is 1. The Hall–Kier alpha value is -4.89. The Morgan fingerprint density at radius 1 is 1.17 bits per heavy atom. The molecule has 0 spiro atoms. The summed E-state index contributed by atoms with van der Waals surface area (Å²) in [4.78, 5) is 43.9. The van der Waals surface area contributed by atoms with Crippen molar-refractivity contribution >= 4 is 55.8 Å². The third-order valence-corrected chi connectivity index (χ3v) is 11.7. The Bertz CT molecular complexity index is 2370. The molecule has 7 rings (SSSR count). The summed E-state index contributed by atoms with van der Waals surface area (Å²) in [6.07, 6.45) is 6.60. The van der Waals surface area contributed by atoms with Crippen LogP contribution in [0.5, 0.6) is 0 Å². The van der Waals surface area contributed by atoms with E-state index in [0.717, 1.165) is 44.3 Å². The number of benzene rings is 1. The van der Waals surface area contributed by atoms with Crippen molar-refractivity contribution in [1.29, 1.82) is 5.26 Å². The number of hydrogen-bond donors (Lipinski definition) is 1. The van der Waals surface area contributed by atoms with E-state index in [2.05, 4.69) is 37.8 Å². The maximum atomic E-state index is 14.1. The Balaban J connectivity index is 1.15. The van der Waals surface area contributed by atoms with Crippen molar-refractivity contribution in [3.8, 4) is 29.0 Å². The summed E-state index contributed by atoms with van der Waals surface area (Å²) in [6, 6.07) is 9.94. The van der Waals surface area contributed by atoms with Gasteiger partial charge in [0.05, 0.1) is 39.4 Å². The number of piperidine rings is 1. The number of rotatable bonds is 8. The number of aromatic carboxylic acids is 1. The molecule has 0 bridgehead atoms. The first-order valence-electron chi connectivity index (χ1n) is 16.8. The molecule has 1 saturated heterocycles. The molecule has 266 valence electrons. The zero-order valence-corrected chi connectivity index (χ0v) is 30.7. The van der Waals surface area contributed by atoms with Crippen LogP contribution in [0.3, 0.4) is 0 Å². The molecule has 0 amide bonds. The summed E-state index contributed by atoms with van der Waals surface area (Å²) < 4.78 is 13.3. The monoisotopic (exact) mass is 737 g/mol. The number of ether oxygens (including phenoxy) is 2. The molecular formula is C38H36ClN7O5S. The zero-order chi connectivity index (χ0) is 36.7. The second-order valence-corrected chi connectivity index (χ2v) is 14.4. The molecule has 2 fully saturated rings. The lowest BCUT2D eigenvalue weighted by molar-refractivity contribution is -0.272. The number of pyridine rings is 2. The van der Waals surface area contributed by atoms with E-state index in [1.807, 2.05) is 11.9 Å². The third-order valence-electron chi connectivity index (χ3n) is 10.4. The summed E-state index contributed by atoms with van der Waals surface area (Å²) in [6.45, 7) is 3.56. The van der Waals surface area contributed by atoms with E-state index in [-0.39, 0.29) is 34.7 Å². The number of methoxy groups -OCH3 is 2. The van der Waals surface area contributed by atoms with Crippen LogP contribution < -0.4 is 10.5 Å². The molecule has 1 N–H and O–H groups in total. The van der Waals surface area contributed by atoms with Crippen molar-refractivity contribution in [3.05, 3.63) is 79.9 Å². The van der Waals surface area contributed by atoms with Crippen molar-refractivity contribution in [2.24, 2.45) is 0 Å². The highest BCUT2D eigenvalue weighted by molar-refractivity contribution is 7.18. The van der Waals surface area contributed by atoms with Gasteiger partial charge in [-0.25, -0.2) is 14.8 Å². The van der Waals surface area contributed by atoms with E-state index < -0.39 is 11.8 Å². The van der Waals surface area contributed by atoms with Crippen molar-refractivity contribution in [1.82, 2.24) is 24.4 Å². The molecule has 4 aromatic heterocycles. The van der Waals surface area contributed by atoms with E-state index in [1.54, 1.807) is 63.2 Å². The minimum Gasteiger partial charge on any atom is -0.478 e. The van der Waals surface area contributed by atoms with Gasteiger partial charge in [0.2, 0.25) is 0 Å². The summed E-state index contributed by atoms with van der Waals surface area (Å²) in [5.41, 5.74) is 2.84. The van der Waals surface area contributed by atoms with Crippen LogP contribution in [0.4, 0.5) is 5.82 Å². The minimum atomic E-state index is -1.05. The first-order valence-corrected chi connectivity index (χ1v) is 18.1. The van der Waals surface area contributed by atoms with Gasteiger partial charge < -0.3 is 19.5 Å². The highest BCUT2D eigenvalue weighted by Crippen LogP contribution is 2.41. The Labute approximate surface area is 309 Å². The molecule has 14 heteroatoms. The number of likely N-dealkylation sites (tertiary alicyclic amines) is 1. The summed E-state index contributed by atoms with van der Waals surface area (Å²) in [5.74, 6) is 5.68. The number of aryl methyl sites for hydroxylation is 1. The van der Waals surface area contributed by atoms with Crippen molar-refractivity contribution in [2.75, 3.05) is 39.3 Å². The molecule has 0 radical (unpaired) electrons. The highest BCUT2D eigenvalue weighted by atomic mass is 35.5. The largest absolute Gasteiger partial charge is 0.478 e. The lowest BCUT2D eigenvalue weighted by Crippen LogP contribution is -2.59. The summed E-state index contributed by atoms with van der Waals surface area (Å²) in [5, 5.41) is 22.3. The second kappa shape index (κ2) is 14.3. The van der Waals surface area contributed by atoms with Crippen LogP contribution in [-0.2, 0) is 16.0 Å². The molecule has 2 aliphatic rings. The van der Waals surface area contributed by atoms with Crippen LogP contribution in [0.1, 0.15) is 53.0 Å². The fraction of sp³-hybridized carbons (Fsp3) is 0.368. The molecule has 52 heavy (non-hydrogen) atoms. The van der Waals surface area contributed by atoms with E-state index in [0.29, 0.717) is 49.6 Å². The van der Waals surface area contributed by atoms with E-state index in [9.17, 15) is 20.0 Å². The Morgan fingerprint density at radius 3 is 2.62 bits per heavy atom. The SMILES string of the molecule is COC1(OC)CC(N2CCC(N(C)c3ncc4nc(C)n(CC#Cc5ccc(Cl)cc5-c5ccnc6c(C(=O)O)csc56)c(=O)c4c3C#N)CC2)C1. The number of nitriles is 1. The number of fused-ring (bicyclic) bond motifs is 2. The van der Waals surface area contributed by atoms with Gasteiger partial charge in [0, 0.05) is 92.6 Å². The number of anilines is 1. The van der Waals surface area contributed by atoms with Crippen molar-refractivity contribution in [3.63, 3.8) is 0 Å². The predicted octanol–water partition coefficient (Wildman–Crippen LogP) is 5.70. The highest BCUT2D eigenvalue weighted by Gasteiger charge is 2.48. The van der Waals surface area contributed by atoms with Crippen LogP contribution in [0, 0.1) is 30.1 Å². The summed E-state index contributed by atoms with van der Waals surface area (Å²) >= 11 is 7.70. The standard InChI is InChI=1S/C38H36ClN7O5S/c1-22-43-31-20-42-35(44(2)25-10-14-45(15-11-25)26-17-38(18-26,50-3)51-4)29(19-40)32(31)36(47)46(22)13-5-6-23-7-8-24(39)16-28(23)27-9-12-41-33-30(37(48)49)21-52-34(27)33/h7-9,12,16,20-21,25-26H,10-11,13-15,17-18H2,1-4H3,(H,48,49). The maximum Gasteiger partial charge on any atom is 0.338 e. The molecule has 1 saturated carbocycles. The number of carboxylic acid groups (broad SMARTS) is 1. The van der Waals surface area contributed by atoms with Crippen LogP contribution in [0.25, 0.3) is 32.2 Å². The van der Waals surface area contributed by atoms with Gasteiger partial charge in [-0.05, 0) is 44.0 Å². The molecule has 0 atom stereocenters. The van der Waals surface area contributed by atoms with Crippen molar-refractivity contribution in [2.45, 2.75) is 57.0 Å². The molecule has 1 aliphatic heterocycles. The van der Waals surface area contributed by atoms with Gasteiger partial charge in [-0.1, -0.05) is 23.4 Å². The lowest BCUT2D eigenvalue weighted by atomic mass is 9.82. The molecule has 5 heterocycles. The predicted molar refractivity (Wildman–Crippen MR) is 200 cm³/mol. The number of thiophene rings is 1. The topological polar surface area (TPSA) is 147 Å². The van der Waals surface area contributed by atoms with Gasteiger partial charge in [0.15, 0.2) is 5.79 Å². The molecule has 12 nitrogen and oxygen atoms in total. The molecular weight excluding hydrogens is 702 g/mol. The summed E-state index contributed by atoms with van der Waals surface area (Å²) in [7, 11) is 5.31. The number of nitrogens with zero attached hydrogens (tertiary/aromatic N) is 7. The maximum absolute atomic E-state index is 14.1. The van der Waals surface area contributed by atoms with Gasteiger partial charge in [-0.2, -0.15) is 5.26 Å². The van der Waals surface area contributed by atoms with E-state index in [1.165, 1.54) is 15.9 Å². The van der Waals surface area contributed by atoms with Crippen LogP contribution in [-0.4, -0.2) is 87.7 Å². The molecule has 1 aliphatic carbocycles. The van der Waals surface area contributed by atoms with E-state index in [4.69, 9.17) is 21.1 Å². The van der Waals surface area contributed by atoms with E-state index >= 15 is 0 Å². The van der Waals surface area contributed by atoms with Crippen LogP contribution in [0.15, 0.2) is 46.8 Å². The van der Waals surface area contributed by atoms with Gasteiger partial charge in [0.1, 0.15) is 23.3 Å². The fourth-order valence-electron chi connectivity index (χ4n) is 7.37. The first kappa shape index (κ1) is 35.5. The Morgan fingerprint density at radius 2 is 1.92 bits per heavy atom. The van der Waals surface area contributed by atoms with Gasteiger partial charge in [-0.3, -0.25) is 19.2 Å². The number of carboxylic acids is 1. The minimum absolute atomic E-state index is 0.0228. The lowest BCUT2D eigenvalue weighted by Gasteiger charge is -2.51. The average molecular weight is 738 g/mol. The normalized spacial score (nSPS) is 16.3. The van der Waals surface area contributed by atoms with Gasteiger partial charge in [0.25, 0.3) is 5.56 Å². The average Bonchev–Trinajstić information content (AvgIpc) is 3.58. The molecule has 5 aromatic rings. The zero-order valence-electron chi connectivity index (χ0n) is 29.1. The second-order valence-electron chi connectivity index (χ2n) is 13.1. The Kier molecular flexibility index (Phi) is 9.74. The van der Waals surface area contributed by atoms with Gasteiger partial charge in [-0.15, -0.1) is 11.3 Å². The molecule has 1 aromatic carbocycles. The number of carbonyl (C=O) groups is 1. The number of aromatic nitrogens is 4. The van der Waals surface area contributed by atoms with Crippen molar-refractivity contribution < 1.29 is 19.4 Å². The third kappa shape index (κ3) is 6.29. The number of hydrogen-bond acceptors (Lipinski definition) is 11. The van der Waals surface area contributed by atoms with Crippen LogP contribution >= 0.6 is 22.9 Å². The van der Waals surface area contributed by atoms with Gasteiger partial charge >= 0.3 is 5.97 Å². The first-order chi connectivity index (χ1) is 25.1. The fourth-order valence-corrected chi connectivity index (χ4v) is 8.57. The smallest absolute Gasteiger partial charge is 0.338 e. The molecule has 0 unspecified atom stereocenters. The quantitative estimate of drug-likeness (QED) is 0.155.